The molecule has 0 bridgehead atoms. The molecule has 0 unspecified atom stereocenters. The number of rotatable bonds is 10. The number of fused-ring (bicyclic) bond motifs is 1. The average molecular weight is 531 g/mol. The Labute approximate surface area is 220 Å². The minimum absolute atomic E-state index is 0.00185. The van der Waals surface area contributed by atoms with Crippen LogP contribution in [0.5, 0.6) is 11.5 Å². The van der Waals surface area contributed by atoms with Crippen molar-refractivity contribution in [3.05, 3.63) is 52.6 Å². The van der Waals surface area contributed by atoms with Gasteiger partial charge in [-0.2, -0.15) is 0 Å². The van der Waals surface area contributed by atoms with Crippen LogP contribution in [0.25, 0.3) is 16.5 Å². The summed E-state index contributed by atoms with van der Waals surface area (Å²) >= 11 is 6.14. The quantitative estimate of drug-likeness (QED) is 0.403. The second-order valence-electron chi connectivity index (χ2n) is 9.23. The lowest BCUT2D eigenvalue weighted by Crippen LogP contribution is -2.34. The Morgan fingerprint density at radius 2 is 2.16 bits per heavy atom. The molecule has 10 heteroatoms. The van der Waals surface area contributed by atoms with Gasteiger partial charge in [0.05, 0.1) is 30.4 Å². The third-order valence-corrected chi connectivity index (χ3v) is 6.88. The molecule has 0 saturated carbocycles. The van der Waals surface area contributed by atoms with E-state index in [1.807, 2.05) is 19.0 Å². The summed E-state index contributed by atoms with van der Waals surface area (Å²) < 4.78 is 31.1. The van der Waals surface area contributed by atoms with Gasteiger partial charge in [0, 0.05) is 43.3 Å². The van der Waals surface area contributed by atoms with Gasteiger partial charge in [0.1, 0.15) is 11.6 Å². The zero-order valence-electron chi connectivity index (χ0n) is 21.4. The van der Waals surface area contributed by atoms with Gasteiger partial charge in [-0.25, -0.2) is 9.37 Å². The van der Waals surface area contributed by atoms with Crippen LogP contribution in [0.15, 0.2) is 35.1 Å². The molecule has 37 heavy (non-hydrogen) atoms. The fourth-order valence-corrected chi connectivity index (χ4v) is 4.72. The van der Waals surface area contributed by atoms with Gasteiger partial charge in [0.15, 0.2) is 11.4 Å². The minimum Gasteiger partial charge on any atom is -0.496 e. The highest BCUT2D eigenvalue weighted by Gasteiger charge is 2.22. The number of aromatic nitrogens is 1. The molecule has 1 aliphatic rings. The first kappa shape index (κ1) is 26.8. The molecule has 0 atom stereocenters. The van der Waals surface area contributed by atoms with Crippen LogP contribution in [0.2, 0.25) is 5.02 Å². The first-order chi connectivity index (χ1) is 17.8. The molecule has 4 rings (SSSR count). The van der Waals surface area contributed by atoms with Crippen molar-refractivity contribution in [2.75, 3.05) is 53.2 Å². The molecule has 0 aliphatic carbocycles. The third kappa shape index (κ3) is 5.99. The lowest BCUT2D eigenvalue weighted by Gasteiger charge is -2.26. The second kappa shape index (κ2) is 11.8. The van der Waals surface area contributed by atoms with E-state index in [1.54, 1.807) is 12.5 Å². The smallest absolute Gasteiger partial charge is 0.222 e. The minimum atomic E-state index is -0.522. The van der Waals surface area contributed by atoms with Crippen molar-refractivity contribution in [3.8, 4) is 11.5 Å². The summed E-state index contributed by atoms with van der Waals surface area (Å²) in [4.78, 5) is 20.8. The van der Waals surface area contributed by atoms with Crippen molar-refractivity contribution in [2.45, 2.75) is 25.7 Å². The molecule has 3 heterocycles. The van der Waals surface area contributed by atoms with E-state index in [0.29, 0.717) is 55.0 Å². The number of hydrogen-bond donors (Lipinski definition) is 1. The molecule has 1 aliphatic heterocycles. The van der Waals surface area contributed by atoms with E-state index in [2.05, 4.69) is 16.0 Å². The van der Waals surface area contributed by atoms with E-state index in [0.717, 1.165) is 29.5 Å². The molecule has 2 aromatic heterocycles. The Kier molecular flexibility index (Phi) is 8.56. The van der Waals surface area contributed by atoms with Crippen molar-refractivity contribution in [1.82, 2.24) is 14.8 Å². The number of pyridine rings is 1. The first-order valence-electron chi connectivity index (χ1n) is 12.2. The van der Waals surface area contributed by atoms with Crippen molar-refractivity contribution in [3.63, 3.8) is 0 Å². The van der Waals surface area contributed by atoms with E-state index < -0.39 is 5.82 Å². The molecule has 0 spiro atoms. The monoisotopic (exact) mass is 530 g/mol. The zero-order chi connectivity index (χ0) is 26.5. The summed E-state index contributed by atoms with van der Waals surface area (Å²) in [5.74, 6) is 0.650. The van der Waals surface area contributed by atoms with Crippen LogP contribution in [-0.4, -0.2) is 68.1 Å². The number of nitrogens with two attached hydrogens (primary N) is 1. The maximum absolute atomic E-state index is 13.9. The molecule has 1 amide bonds. The second-order valence-corrected chi connectivity index (χ2v) is 9.61. The fraction of sp³-hybridized carbons (Fsp3) is 0.407. The van der Waals surface area contributed by atoms with Crippen LogP contribution in [-0.2, 0) is 11.2 Å². The van der Waals surface area contributed by atoms with Crippen LogP contribution < -0.4 is 15.2 Å². The van der Waals surface area contributed by atoms with Crippen molar-refractivity contribution in [1.29, 1.82) is 0 Å². The molecule has 2 N–H and O–H groups in total. The predicted molar refractivity (Wildman–Crippen MR) is 143 cm³/mol. The van der Waals surface area contributed by atoms with Gasteiger partial charge in [-0.15, -0.1) is 0 Å². The number of hydrogen-bond acceptors (Lipinski definition) is 7. The summed E-state index contributed by atoms with van der Waals surface area (Å²) in [6.45, 7) is 2.27. The van der Waals surface area contributed by atoms with E-state index in [4.69, 9.17) is 31.2 Å². The standard InChI is InChI=1S/C27H32ClFN4O4/c1-32(2)11-4-5-23(34)33-12-8-17(9-13-33)20-16-37-25-19(20)15-31-27(30)26(25)36-14-10-18-22(35-3)7-6-21(29)24(18)28/h6-8,15-16H,4-5,9-14H2,1-3H3,(H2,30,31). The van der Waals surface area contributed by atoms with Gasteiger partial charge >= 0.3 is 0 Å². The van der Waals surface area contributed by atoms with E-state index in [9.17, 15) is 9.18 Å². The van der Waals surface area contributed by atoms with E-state index in [1.165, 1.54) is 19.2 Å². The van der Waals surface area contributed by atoms with Crippen LogP contribution in [0.1, 0.15) is 30.4 Å². The van der Waals surface area contributed by atoms with Gasteiger partial charge in [-0.1, -0.05) is 17.7 Å². The number of halogens is 2. The normalized spacial score (nSPS) is 13.8. The number of benzene rings is 1. The number of nitrogens with zero attached hydrogens (tertiary/aromatic N) is 3. The summed E-state index contributed by atoms with van der Waals surface area (Å²) in [6.07, 6.45) is 7.81. The van der Waals surface area contributed by atoms with Gasteiger partial charge in [0.2, 0.25) is 11.7 Å². The molecule has 1 aromatic carbocycles. The Hall–Kier alpha value is -3.30. The van der Waals surface area contributed by atoms with Crippen LogP contribution in [0.3, 0.4) is 0 Å². The van der Waals surface area contributed by atoms with Crippen LogP contribution in [0.4, 0.5) is 10.2 Å². The van der Waals surface area contributed by atoms with Gasteiger partial charge < -0.3 is 29.4 Å². The summed E-state index contributed by atoms with van der Waals surface area (Å²) in [7, 11) is 5.51. The predicted octanol–water partition coefficient (Wildman–Crippen LogP) is 4.79. The molecule has 0 fully saturated rings. The number of carbonyl (C=O) groups is 1. The molecular weight excluding hydrogens is 499 g/mol. The van der Waals surface area contributed by atoms with Gasteiger partial charge in [-0.05, 0) is 51.2 Å². The third-order valence-electron chi connectivity index (χ3n) is 6.48. The van der Waals surface area contributed by atoms with Crippen molar-refractivity contribution in [2.24, 2.45) is 0 Å². The summed E-state index contributed by atoms with van der Waals surface area (Å²) in [5.41, 5.74) is 9.10. The highest BCUT2D eigenvalue weighted by Crippen LogP contribution is 2.38. The number of anilines is 1. The van der Waals surface area contributed by atoms with E-state index in [-0.39, 0.29) is 23.4 Å². The topological polar surface area (TPSA) is 94.1 Å². The molecule has 3 aromatic rings. The summed E-state index contributed by atoms with van der Waals surface area (Å²) in [5, 5.41) is 0.782. The molecule has 198 valence electrons. The van der Waals surface area contributed by atoms with Crippen LogP contribution >= 0.6 is 11.6 Å². The fourth-order valence-electron chi connectivity index (χ4n) is 4.47. The SMILES string of the molecule is COc1ccc(F)c(Cl)c1CCOc1c(N)ncc2c(C3=CCN(C(=O)CCCN(C)C)CC3)coc12. The van der Waals surface area contributed by atoms with Crippen LogP contribution in [0, 0.1) is 5.82 Å². The Morgan fingerprint density at radius 1 is 1.35 bits per heavy atom. The lowest BCUT2D eigenvalue weighted by molar-refractivity contribution is -0.130. The maximum atomic E-state index is 13.9. The number of ether oxygens (including phenoxy) is 2. The number of furan rings is 1. The zero-order valence-corrected chi connectivity index (χ0v) is 22.1. The highest BCUT2D eigenvalue weighted by molar-refractivity contribution is 6.31. The number of carbonyl (C=O) groups excluding carboxylic acids is 1. The number of amides is 1. The summed E-state index contributed by atoms with van der Waals surface area (Å²) in [6, 6.07) is 2.79. The molecular formula is C27H32ClFN4O4. The lowest BCUT2D eigenvalue weighted by atomic mass is 9.99. The Morgan fingerprint density at radius 3 is 2.86 bits per heavy atom. The largest absolute Gasteiger partial charge is 0.496 e. The Balaban J connectivity index is 1.46. The number of nitrogen functional groups attached to an aromatic ring is 1. The van der Waals surface area contributed by atoms with E-state index >= 15 is 0 Å². The Bertz CT molecular complexity index is 1310. The highest BCUT2D eigenvalue weighted by atomic mass is 35.5. The van der Waals surface area contributed by atoms with Gasteiger partial charge in [0.25, 0.3) is 0 Å². The average Bonchev–Trinajstić information content (AvgIpc) is 3.32. The molecule has 0 saturated heterocycles. The van der Waals surface area contributed by atoms with Crippen molar-refractivity contribution < 1.29 is 23.1 Å². The maximum Gasteiger partial charge on any atom is 0.222 e. The first-order valence-corrected chi connectivity index (χ1v) is 12.6. The number of methoxy groups -OCH3 is 1. The molecule has 8 nitrogen and oxygen atoms in total. The van der Waals surface area contributed by atoms with Crippen molar-refractivity contribution >= 4 is 39.9 Å². The van der Waals surface area contributed by atoms with Gasteiger partial charge in [-0.3, -0.25) is 4.79 Å². The molecule has 0 radical (unpaired) electrons.